The van der Waals surface area contributed by atoms with Crippen molar-refractivity contribution in [2.24, 2.45) is 0 Å². The summed E-state index contributed by atoms with van der Waals surface area (Å²) in [5, 5.41) is 10.7. The first-order chi connectivity index (χ1) is 11.4. The Kier molecular flexibility index (Phi) is 4.77. The average molecular weight is 388 g/mol. The van der Waals surface area contributed by atoms with E-state index in [9.17, 15) is 18.5 Å². The van der Waals surface area contributed by atoms with E-state index in [4.69, 9.17) is 11.6 Å². The standard InChI is InChI=1S/C14H14ClN3O4S2/c15-13-5-6-14(23-13)24(21,22)17-9-7-16(8-10-17)11-1-3-12(4-2-11)18(19)20/h1-6H,7-10H2. The van der Waals surface area contributed by atoms with Gasteiger partial charge in [0, 0.05) is 44.0 Å². The van der Waals surface area contributed by atoms with Crippen molar-refractivity contribution in [2.45, 2.75) is 4.21 Å². The minimum Gasteiger partial charge on any atom is -0.369 e. The topological polar surface area (TPSA) is 83.8 Å². The van der Waals surface area contributed by atoms with Crippen LogP contribution in [0.2, 0.25) is 4.34 Å². The van der Waals surface area contributed by atoms with Crippen LogP contribution in [0.15, 0.2) is 40.6 Å². The van der Waals surface area contributed by atoms with E-state index in [1.807, 2.05) is 4.90 Å². The highest BCUT2D eigenvalue weighted by Gasteiger charge is 2.29. The van der Waals surface area contributed by atoms with Crippen molar-refractivity contribution >= 4 is 44.3 Å². The van der Waals surface area contributed by atoms with Crippen molar-refractivity contribution in [2.75, 3.05) is 31.1 Å². The molecule has 7 nitrogen and oxygen atoms in total. The molecule has 1 aliphatic heterocycles. The Morgan fingerprint density at radius 1 is 1.04 bits per heavy atom. The maximum Gasteiger partial charge on any atom is 0.269 e. The fourth-order valence-electron chi connectivity index (χ4n) is 2.54. The first-order valence-corrected chi connectivity index (χ1v) is 9.76. The zero-order valence-electron chi connectivity index (χ0n) is 12.5. The molecule has 1 saturated heterocycles. The summed E-state index contributed by atoms with van der Waals surface area (Å²) < 4.78 is 27.2. The molecular formula is C14H14ClN3O4S2. The van der Waals surface area contributed by atoms with E-state index in [-0.39, 0.29) is 9.90 Å². The van der Waals surface area contributed by atoms with E-state index in [1.54, 1.807) is 18.2 Å². The van der Waals surface area contributed by atoms with E-state index >= 15 is 0 Å². The maximum absolute atomic E-state index is 12.5. The maximum atomic E-state index is 12.5. The summed E-state index contributed by atoms with van der Waals surface area (Å²) in [4.78, 5) is 12.3. The summed E-state index contributed by atoms with van der Waals surface area (Å²) in [6.45, 7) is 1.76. The van der Waals surface area contributed by atoms with Gasteiger partial charge in [0.25, 0.3) is 15.7 Å². The van der Waals surface area contributed by atoms with Crippen molar-refractivity contribution in [3.05, 3.63) is 50.8 Å². The molecule has 3 rings (SSSR count). The normalized spacial score (nSPS) is 16.3. The number of nitro benzene ring substituents is 1. The summed E-state index contributed by atoms with van der Waals surface area (Å²) in [6, 6.07) is 9.36. The third-order valence-electron chi connectivity index (χ3n) is 3.81. The van der Waals surface area contributed by atoms with E-state index in [0.29, 0.717) is 30.5 Å². The van der Waals surface area contributed by atoms with Crippen molar-refractivity contribution in [1.82, 2.24) is 4.31 Å². The zero-order valence-corrected chi connectivity index (χ0v) is 14.9. The Bertz CT molecular complexity index is 843. The first-order valence-electron chi connectivity index (χ1n) is 7.13. The zero-order chi connectivity index (χ0) is 17.3. The second kappa shape index (κ2) is 6.67. The molecule has 128 valence electrons. The van der Waals surface area contributed by atoms with Gasteiger partial charge in [-0.1, -0.05) is 11.6 Å². The molecular weight excluding hydrogens is 374 g/mol. The number of piperazine rings is 1. The summed E-state index contributed by atoms with van der Waals surface area (Å²) in [6.07, 6.45) is 0. The molecule has 1 aromatic heterocycles. The van der Waals surface area contributed by atoms with Crippen LogP contribution in [0.5, 0.6) is 0 Å². The highest BCUT2D eigenvalue weighted by atomic mass is 35.5. The van der Waals surface area contributed by atoms with Gasteiger partial charge < -0.3 is 4.90 Å². The molecule has 0 radical (unpaired) electrons. The molecule has 0 unspecified atom stereocenters. The highest BCUT2D eigenvalue weighted by Crippen LogP contribution is 2.29. The number of non-ortho nitro benzene ring substituents is 1. The van der Waals surface area contributed by atoms with Crippen LogP contribution in [0.25, 0.3) is 0 Å². The van der Waals surface area contributed by atoms with Crippen LogP contribution in [-0.2, 0) is 10.0 Å². The highest BCUT2D eigenvalue weighted by molar-refractivity contribution is 7.91. The third kappa shape index (κ3) is 3.39. The van der Waals surface area contributed by atoms with Crippen molar-refractivity contribution in [3.8, 4) is 0 Å². The molecule has 0 atom stereocenters. The smallest absolute Gasteiger partial charge is 0.269 e. The molecule has 0 spiro atoms. The van der Waals surface area contributed by atoms with Crippen LogP contribution in [0.3, 0.4) is 0 Å². The van der Waals surface area contributed by atoms with E-state index in [2.05, 4.69) is 0 Å². The van der Waals surface area contributed by atoms with Crippen molar-refractivity contribution < 1.29 is 13.3 Å². The van der Waals surface area contributed by atoms with Gasteiger partial charge >= 0.3 is 0 Å². The van der Waals surface area contributed by atoms with Crippen LogP contribution in [0.1, 0.15) is 0 Å². The minimum atomic E-state index is -3.51. The van der Waals surface area contributed by atoms with Gasteiger partial charge in [-0.25, -0.2) is 8.42 Å². The molecule has 0 amide bonds. The second-order valence-electron chi connectivity index (χ2n) is 5.22. The quantitative estimate of drug-likeness (QED) is 0.595. The molecule has 2 aromatic rings. The van der Waals surface area contributed by atoms with Gasteiger partial charge in [0.05, 0.1) is 9.26 Å². The fraction of sp³-hybridized carbons (Fsp3) is 0.286. The number of hydrogen-bond donors (Lipinski definition) is 0. The van der Waals surface area contributed by atoms with Gasteiger partial charge in [0.1, 0.15) is 4.21 Å². The molecule has 24 heavy (non-hydrogen) atoms. The molecule has 0 bridgehead atoms. The van der Waals surface area contributed by atoms with Crippen LogP contribution in [0.4, 0.5) is 11.4 Å². The molecule has 1 fully saturated rings. The third-order valence-corrected chi connectivity index (χ3v) is 7.40. The lowest BCUT2D eigenvalue weighted by atomic mass is 10.2. The molecule has 0 saturated carbocycles. The number of nitro groups is 1. The van der Waals surface area contributed by atoms with Crippen molar-refractivity contribution in [1.29, 1.82) is 0 Å². The number of benzene rings is 1. The Morgan fingerprint density at radius 3 is 2.17 bits per heavy atom. The molecule has 1 aromatic carbocycles. The molecule has 10 heteroatoms. The Hall–Kier alpha value is -1.68. The Balaban J connectivity index is 1.68. The van der Waals surface area contributed by atoms with E-state index in [0.717, 1.165) is 17.0 Å². The lowest BCUT2D eigenvalue weighted by molar-refractivity contribution is -0.384. The number of sulfonamides is 1. The number of thiophene rings is 1. The Labute approximate surface area is 148 Å². The number of nitrogens with zero attached hydrogens (tertiary/aromatic N) is 3. The number of rotatable bonds is 4. The van der Waals surface area contributed by atoms with Gasteiger partial charge in [-0.15, -0.1) is 11.3 Å². The van der Waals surface area contributed by atoms with Gasteiger partial charge in [-0.2, -0.15) is 4.31 Å². The van der Waals surface area contributed by atoms with Gasteiger partial charge in [0.2, 0.25) is 0 Å². The van der Waals surface area contributed by atoms with Crippen LogP contribution >= 0.6 is 22.9 Å². The summed E-state index contributed by atoms with van der Waals surface area (Å²) in [5.74, 6) is 0. The first kappa shape index (κ1) is 17.2. The minimum absolute atomic E-state index is 0.0366. The predicted molar refractivity (Wildman–Crippen MR) is 93.4 cm³/mol. The fourth-order valence-corrected chi connectivity index (χ4v) is 5.59. The summed E-state index contributed by atoms with van der Waals surface area (Å²) in [5.41, 5.74) is 0.881. The number of halogens is 1. The van der Waals surface area contributed by atoms with Crippen molar-refractivity contribution in [3.63, 3.8) is 0 Å². The lowest BCUT2D eigenvalue weighted by Crippen LogP contribution is -2.48. The number of hydrogen-bond acceptors (Lipinski definition) is 6. The van der Waals surface area contributed by atoms with Crippen LogP contribution in [0, 0.1) is 10.1 Å². The summed E-state index contributed by atoms with van der Waals surface area (Å²) in [7, 11) is -3.51. The molecule has 1 aliphatic rings. The predicted octanol–water partition coefficient (Wildman–Crippen LogP) is 2.82. The monoisotopic (exact) mass is 387 g/mol. The van der Waals surface area contributed by atoms with E-state index < -0.39 is 14.9 Å². The average Bonchev–Trinajstić information content (AvgIpc) is 3.02. The van der Waals surface area contributed by atoms with E-state index in [1.165, 1.54) is 22.5 Å². The Morgan fingerprint density at radius 2 is 1.67 bits per heavy atom. The van der Waals surface area contributed by atoms with Crippen LogP contribution in [-0.4, -0.2) is 43.8 Å². The van der Waals surface area contributed by atoms with Gasteiger partial charge in [0.15, 0.2) is 0 Å². The SMILES string of the molecule is O=[N+]([O-])c1ccc(N2CCN(S(=O)(=O)c3ccc(Cl)s3)CC2)cc1. The molecule has 0 N–H and O–H groups in total. The largest absolute Gasteiger partial charge is 0.369 e. The van der Waals surface area contributed by atoms with Gasteiger partial charge in [-0.05, 0) is 24.3 Å². The molecule has 2 heterocycles. The molecule has 0 aliphatic carbocycles. The van der Waals surface area contributed by atoms with Gasteiger partial charge in [-0.3, -0.25) is 10.1 Å². The second-order valence-corrected chi connectivity index (χ2v) is 9.10. The summed E-state index contributed by atoms with van der Waals surface area (Å²) >= 11 is 6.87. The number of anilines is 1. The lowest BCUT2D eigenvalue weighted by Gasteiger charge is -2.35. The van der Waals surface area contributed by atoms with Crippen LogP contribution < -0.4 is 4.90 Å².